The highest BCUT2D eigenvalue weighted by molar-refractivity contribution is 5.16. The number of ether oxygens (including phenoxy) is 1. The zero-order valence-corrected chi connectivity index (χ0v) is 8.03. The van der Waals surface area contributed by atoms with Gasteiger partial charge in [0.15, 0.2) is 0 Å². The summed E-state index contributed by atoms with van der Waals surface area (Å²) in [7, 11) is 0. The predicted octanol–water partition coefficient (Wildman–Crippen LogP) is 1.11. The molecule has 1 aromatic heterocycles. The van der Waals surface area contributed by atoms with E-state index in [1.165, 1.54) is 0 Å². The normalized spacial score (nSPS) is 12.5. The van der Waals surface area contributed by atoms with Gasteiger partial charge in [0.05, 0.1) is 6.10 Å². The molecule has 1 aromatic rings. The number of nitrogens with two attached hydrogens (primary N) is 1. The average Bonchev–Trinajstić information content (AvgIpc) is 2.18. The van der Waals surface area contributed by atoms with Gasteiger partial charge in [0.25, 0.3) is 0 Å². The van der Waals surface area contributed by atoms with Gasteiger partial charge in [-0.05, 0) is 13.3 Å². The summed E-state index contributed by atoms with van der Waals surface area (Å²) in [6, 6.07) is 0. The summed E-state index contributed by atoms with van der Waals surface area (Å²) in [6.45, 7) is 4.41. The molecule has 0 saturated carbocycles. The van der Waals surface area contributed by atoms with Crippen LogP contribution in [0.15, 0.2) is 12.4 Å². The van der Waals surface area contributed by atoms with Crippen LogP contribution >= 0.6 is 0 Å². The minimum Gasteiger partial charge on any atom is -0.473 e. The van der Waals surface area contributed by atoms with Crippen LogP contribution in [0.1, 0.15) is 26.0 Å². The molecule has 4 nitrogen and oxygen atoms in total. The maximum absolute atomic E-state index is 5.53. The minimum absolute atomic E-state index is 0.155. The molecule has 1 atom stereocenters. The fourth-order valence-electron chi connectivity index (χ4n) is 0.866. The van der Waals surface area contributed by atoms with Crippen LogP contribution in [-0.2, 0) is 6.54 Å². The molecule has 72 valence electrons. The largest absolute Gasteiger partial charge is 0.473 e. The van der Waals surface area contributed by atoms with Crippen molar-refractivity contribution in [2.75, 3.05) is 0 Å². The fourth-order valence-corrected chi connectivity index (χ4v) is 0.866. The van der Waals surface area contributed by atoms with Gasteiger partial charge in [0.2, 0.25) is 5.88 Å². The minimum atomic E-state index is 0.155. The monoisotopic (exact) mass is 181 g/mol. The van der Waals surface area contributed by atoms with Crippen LogP contribution in [0, 0.1) is 0 Å². The molecular weight excluding hydrogens is 166 g/mol. The molecule has 1 unspecified atom stereocenters. The summed E-state index contributed by atoms with van der Waals surface area (Å²) in [5, 5.41) is 0. The maximum atomic E-state index is 5.53. The second-order valence-electron chi connectivity index (χ2n) is 2.85. The highest BCUT2D eigenvalue weighted by atomic mass is 16.5. The molecule has 2 N–H and O–H groups in total. The quantitative estimate of drug-likeness (QED) is 0.756. The molecular formula is C9H15N3O. The Morgan fingerprint density at radius 2 is 2.15 bits per heavy atom. The van der Waals surface area contributed by atoms with Crippen LogP contribution in [0.2, 0.25) is 0 Å². The molecule has 1 rings (SSSR count). The molecule has 0 radical (unpaired) electrons. The van der Waals surface area contributed by atoms with Gasteiger partial charge in [-0.15, -0.1) is 0 Å². The molecule has 0 fully saturated rings. The third-order valence-electron chi connectivity index (χ3n) is 1.82. The number of rotatable bonds is 4. The first-order valence-electron chi connectivity index (χ1n) is 4.44. The van der Waals surface area contributed by atoms with E-state index < -0.39 is 0 Å². The number of hydrogen-bond acceptors (Lipinski definition) is 4. The van der Waals surface area contributed by atoms with Gasteiger partial charge in [-0.25, -0.2) is 4.98 Å². The van der Waals surface area contributed by atoms with Crippen molar-refractivity contribution in [3.05, 3.63) is 18.1 Å². The maximum Gasteiger partial charge on any atom is 0.237 e. The lowest BCUT2D eigenvalue weighted by molar-refractivity contribution is 0.205. The van der Waals surface area contributed by atoms with Crippen molar-refractivity contribution in [1.29, 1.82) is 0 Å². The molecule has 0 bridgehead atoms. The standard InChI is InChI=1S/C9H15N3O/c1-3-7(2)13-9-8(6-10)11-4-5-12-9/h4-5,7H,3,6,10H2,1-2H3. The van der Waals surface area contributed by atoms with E-state index in [0.717, 1.165) is 6.42 Å². The van der Waals surface area contributed by atoms with Gasteiger partial charge >= 0.3 is 0 Å². The summed E-state index contributed by atoms with van der Waals surface area (Å²) in [4.78, 5) is 8.14. The van der Waals surface area contributed by atoms with Crippen LogP contribution in [0.25, 0.3) is 0 Å². The molecule has 0 aromatic carbocycles. The molecule has 0 spiro atoms. The Kier molecular flexibility index (Phi) is 3.64. The molecule has 13 heavy (non-hydrogen) atoms. The van der Waals surface area contributed by atoms with Crippen molar-refractivity contribution >= 4 is 0 Å². The van der Waals surface area contributed by atoms with Gasteiger partial charge in [0.1, 0.15) is 5.69 Å². The number of aromatic nitrogens is 2. The van der Waals surface area contributed by atoms with Crippen molar-refractivity contribution in [2.24, 2.45) is 5.73 Å². The Hall–Kier alpha value is -1.16. The molecule has 0 aliphatic heterocycles. The average molecular weight is 181 g/mol. The second kappa shape index (κ2) is 4.77. The highest BCUT2D eigenvalue weighted by Crippen LogP contribution is 2.13. The van der Waals surface area contributed by atoms with Crippen LogP contribution in [0.3, 0.4) is 0 Å². The summed E-state index contributed by atoms with van der Waals surface area (Å²) < 4.78 is 5.53. The predicted molar refractivity (Wildman–Crippen MR) is 50.3 cm³/mol. The van der Waals surface area contributed by atoms with Crippen molar-refractivity contribution in [3.8, 4) is 5.88 Å². The zero-order chi connectivity index (χ0) is 9.68. The van der Waals surface area contributed by atoms with Crippen molar-refractivity contribution in [1.82, 2.24) is 9.97 Å². The van der Waals surface area contributed by atoms with Crippen molar-refractivity contribution in [2.45, 2.75) is 32.9 Å². The second-order valence-corrected chi connectivity index (χ2v) is 2.85. The Morgan fingerprint density at radius 1 is 1.46 bits per heavy atom. The van der Waals surface area contributed by atoms with E-state index in [2.05, 4.69) is 16.9 Å². The molecule has 0 amide bonds. The van der Waals surface area contributed by atoms with Gasteiger partial charge < -0.3 is 10.5 Å². The zero-order valence-electron chi connectivity index (χ0n) is 8.03. The van der Waals surface area contributed by atoms with Crippen LogP contribution in [0.4, 0.5) is 0 Å². The SMILES string of the molecule is CCC(C)Oc1nccnc1CN. The van der Waals surface area contributed by atoms with Crippen molar-refractivity contribution < 1.29 is 4.74 Å². The smallest absolute Gasteiger partial charge is 0.237 e. The summed E-state index contributed by atoms with van der Waals surface area (Å²) in [6.07, 6.45) is 4.32. The van der Waals surface area contributed by atoms with Gasteiger partial charge in [-0.1, -0.05) is 6.92 Å². The van der Waals surface area contributed by atoms with Crippen molar-refractivity contribution in [3.63, 3.8) is 0 Å². The summed E-state index contributed by atoms with van der Waals surface area (Å²) in [5.74, 6) is 0.555. The summed E-state index contributed by atoms with van der Waals surface area (Å²) in [5.41, 5.74) is 6.20. The topological polar surface area (TPSA) is 61.0 Å². The number of hydrogen-bond donors (Lipinski definition) is 1. The van der Waals surface area contributed by atoms with Gasteiger partial charge in [-0.2, -0.15) is 0 Å². The molecule has 1 heterocycles. The molecule has 0 aliphatic rings. The molecule has 0 saturated heterocycles. The summed E-state index contributed by atoms with van der Waals surface area (Å²) >= 11 is 0. The van der Waals surface area contributed by atoms with Crippen LogP contribution in [0.5, 0.6) is 5.88 Å². The highest BCUT2D eigenvalue weighted by Gasteiger charge is 2.07. The van der Waals surface area contributed by atoms with E-state index in [9.17, 15) is 0 Å². The lowest BCUT2D eigenvalue weighted by Crippen LogP contribution is -2.14. The van der Waals surface area contributed by atoms with Gasteiger partial charge in [0, 0.05) is 18.9 Å². The van der Waals surface area contributed by atoms with E-state index >= 15 is 0 Å². The Balaban J connectivity index is 2.74. The number of nitrogens with zero attached hydrogens (tertiary/aromatic N) is 2. The Morgan fingerprint density at radius 3 is 2.77 bits per heavy atom. The van der Waals surface area contributed by atoms with E-state index in [0.29, 0.717) is 18.1 Å². The Bertz CT molecular complexity index is 265. The van der Waals surface area contributed by atoms with E-state index in [4.69, 9.17) is 10.5 Å². The molecule has 0 aliphatic carbocycles. The first kappa shape index (κ1) is 9.92. The lowest BCUT2D eigenvalue weighted by Gasteiger charge is -2.12. The van der Waals surface area contributed by atoms with E-state index in [1.807, 2.05) is 6.92 Å². The van der Waals surface area contributed by atoms with E-state index in [-0.39, 0.29) is 6.10 Å². The third-order valence-corrected chi connectivity index (χ3v) is 1.82. The van der Waals surface area contributed by atoms with E-state index in [1.54, 1.807) is 12.4 Å². The van der Waals surface area contributed by atoms with Crippen LogP contribution < -0.4 is 10.5 Å². The first-order valence-corrected chi connectivity index (χ1v) is 4.44. The third kappa shape index (κ3) is 2.66. The lowest BCUT2D eigenvalue weighted by atomic mass is 10.3. The first-order chi connectivity index (χ1) is 6.27. The molecule has 4 heteroatoms. The Labute approximate surface area is 78.1 Å². The van der Waals surface area contributed by atoms with Gasteiger partial charge in [-0.3, -0.25) is 4.98 Å². The fraction of sp³-hybridized carbons (Fsp3) is 0.556. The van der Waals surface area contributed by atoms with Crippen LogP contribution in [-0.4, -0.2) is 16.1 Å².